The maximum atomic E-state index is 13.5. The fraction of sp³-hybridized carbons (Fsp3) is 0.292. The minimum atomic E-state index is -4.06. The van der Waals surface area contributed by atoms with E-state index >= 15 is 0 Å². The molecule has 2 atom stereocenters. The van der Waals surface area contributed by atoms with Crippen LogP contribution in [-0.2, 0) is 10.0 Å². The highest BCUT2D eigenvalue weighted by Crippen LogP contribution is 2.38. The van der Waals surface area contributed by atoms with Crippen molar-refractivity contribution in [3.8, 4) is 28.6 Å². The number of sulfonamides is 1. The Kier molecular flexibility index (Phi) is 7.34. The van der Waals surface area contributed by atoms with Gasteiger partial charge in [0, 0.05) is 23.9 Å². The van der Waals surface area contributed by atoms with E-state index in [2.05, 4.69) is 29.9 Å². The lowest BCUT2D eigenvalue weighted by Gasteiger charge is -2.21. The molecule has 0 fully saturated rings. The van der Waals surface area contributed by atoms with Crippen molar-refractivity contribution in [2.24, 2.45) is 0 Å². The number of pyridine rings is 1. The molecule has 4 rings (SSSR count). The van der Waals surface area contributed by atoms with Crippen molar-refractivity contribution >= 4 is 16.0 Å². The van der Waals surface area contributed by atoms with E-state index in [1.807, 2.05) is 13.0 Å². The molecule has 0 aliphatic rings. The summed E-state index contributed by atoms with van der Waals surface area (Å²) in [6.45, 7) is 5.04. The van der Waals surface area contributed by atoms with Gasteiger partial charge in [-0.25, -0.2) is 22.8 Å². The second-order valence-electron chi connectivity index (χ2n) is 8.35. The summed E-state index contributed by atoms with van der Waals surface area (Å²) < 4.78 is 55.4. The Balaban J connectivity index is 1.83. The molecule has 1 N–H and O–H groups in total. The van der Waals surface area contributed by atoms with Gasteiger partial charge < -0.3 is 9.47 Å². The summed E-state index contributed by atoms with van der Waals surface area (Å²) in [5.74, 6) is -0.0289. The van der Waals surface area contributed by atoms with Gasteiger partial charge in [-0.15, -0.1) is 10.2 Å². The first-order chi connectivity index (χ1) is 17.7. The molecule has 11 nitrogen and oxygen atoms in total. The first kappa shape index (κ1) is 25.9. The molecule has 1 aromatic carbocycles. The molecule has 0 radical (unpaired) electrons. The third kappa shape index (κ3) is 5.21. The minimum absolute atomic E-state index is 0.0848. The zero-order valence-corrected chi connectivity index (χ0v) is 21.7. The molecule has 0 aliphatic carbocycles. The van der Waals surface area contributed by atoms with Crippen LogP contribution in [0.4, 0.5) is 10.3 Å². The van der Waals surface area contributed by atoms with Gasteiger partial charge in [0.1, 0.15) is 23.0 Å². The summed E-state index contributed by atoms with van der Waals surface area (Å²) in [5.41, 5.74) is 1.88. The SMILES string of the molecule is COc1cccc(OC)c1-n1c(NS(=O)(=O)[C@@H](C)[C@H](C)c2ncc(F)cn2)nnc1-c1cncc(C)c1. The van der Waals surface area contributed by atoms with Crippen molar-refractivity contribution in [2.75, 3.05) is 18.9 Å². The van der Waals surface area contributed by atoms with E-state index in [9.17, 15) is 12.8 Å². The second kappa shape index (κ2) is 10.5. The van der Waals surface area contributed by atoms with Crippen LogP contribution < -0.4 is 14.2 Å². The lowest BCUT2D eigenvalue weighted by Crippen LogP contribution is -2.31. The van der Waals surface area contributed by atoms with E-state index < -0.39 is 27.0 Å². The first-order valence-electron chi connectivity index (χ1n) is 11.2. The molecule has 0 spiro atoms. The van der Waals surface area contributed by atoms with Crippen LogP contribution in [0.15, 0.2) is 49.1 Å². The summed E-state index contributed by atoms with van der Waals surface area (Å²) in [4.78, 5) is 12.1. The number of aromatic nitrogens is 6. The van der Waals surface area contributed by atoms with Crippen molar-refractivity contribution in [1.82, 2.24) is 29.7 Å². The van der Waals surface area contributed by atoms with Gasteiger partial charge >= 0.3 is 0 Å². The van der Waals surface area contributed by atoms with Crippen LogP contribution in [0.5, 0.6) is 11.5 Å². The quantitative estimate of drug-likeness (QED) is 0.347. The summed E-state index contributed by atoms with van der Waals surface area (Å²) in [5, 5.41) is 7.44. The van der Waals surface area contributed by atoms with Crippen LogP contribution >= 0.6 is 0 Å². The third-order valence-corrected chi connectivity index (χ3v) is 7.75. The first-order valence-corrected chi connectivity index (χ1v) is 12.8. The average Bonchev–Trinajstić information content (AvgIpc) is 3.29. The highest BCUT2D eigenvalue weighted by Gasteiger charge is 2.32. The summed E-state index contributed by atoms with van der Waals surface area (Å²) in [7, 11) is -1.08. The van der Waals surface area contributed by atoms with Crippen LogP contribution in [0.25, 0.3) is 17.1 Å². The van der Waals surface area contributed by atoms with Crippen LogP contribution in [-0.4, -0.2) is 57.6 Å². The molecule has 0 saturated carbocycles. The van der Waals surface area contributed by atoms with Gasteiger partial charge in [0.2, 0.25) is 16.0 Å². The van der Waals surface area contributed by atoms with Crippen molar-refractivity contribution in [3.63, 3.8) is 0 Å². The Hall–Kier alpha value is -4.13. The molecule has 37 heavy (non-hydrogen) atoms. The van der Waals surface area contributed by atoms with Crippen molar-refractivity contribution in [2.45, 2.75) is 31.9 Å². The number of para-hydroxylation sites is 1. The van der Waals surface area contributed by atoms with Crippen LogP contribution in [0.3, 0.4) is 0 Å². The minimum Gasteiger partial charge on any atom is -0.494 e. The lowest BCUT2D eigenvalue weighted by atomic mass is 10.1. The predicted octanol–water partition coefficient (Wildman–Crippen LogP) is 3.52. The second-order valence-corrected chi connectivity index (χ2v) is 10.4. The van der Waals surface area contributed by atoms with Crippen molar-refractivity contribution in [1.29, 1.82) is 0 Å². The van der Waals surface area contributed by atoms with Gasteiger partial charge in [0.15, 0.2) is 11.6 Å². The van der Waals surface area contributed by atoms with Crippen LogP contribution in [0.1, 0.15) is 31.2 Å². The topological polar surface area (TPSA) is 134 Å². The van der Waals surface area contributed by atoms with Crippen molar-refractivity contribution in [3.05, 3.63) is 66.3 Å². The zero-order chi connectivity index (χ0) is 26.7. The number of nitrogens with zero attached hydrogens (tertiary/aromatic N) is 6. The number of nitrogens with one attached hydrogen (secondary N) is 1. The maximum absolute atomic E-state index is 13.5. The highest BCUT2D eigenvalue weighted by molar-refractivity contribution is 7.93. The largest absolute Gasteiger partial charge is 0.494 e. The van der Waals surface area contributed by atoms with Gasteiger partial charge in [-0.2, -0.15) is 0 Å². The summed E-state index contributed by atoms with van der Waals surface area (Å²) >= 11 is 0. The number of hydrogen-bond donors (Lipinski definition) is 1. The van der Waals surface area contributed by atoms with Gasteiger partial charge in [-0.3, -0.25) is 14.3 Å². The number of rotatable bonds is 9. The van der Waals surface area contributed by atoms with E-state index in [0.29, 0.717) is 28.6 Å². The van der Waals surface area contributed by atoms with E-state index in [4.69, 9.17) is 9.47 Å². The molecular weight excluding hydrogens is 501 g/mol. The number of halogens is 1. The Morgan fingerprint density at radius 3 is 2.24 bits per heavy atom. The lowest BCUT2D eigenvalue weighted by molar-refractivity contribution is 0.391. The summed E-state index contributed by atoms with van der Waals surface area (Å²) in [6.07, 6.45) is 5.29. The molecule has 13 heteroatoms. The van der Waals surface area contributed by atoms with Gasteiger partial charge in [0.25, 0.3) is 0 Å². The van der Waals surface area contributed by atoms with Gasteiger partial charge in [0.05, 0.1) is 31.9 Å². The van der Waals surface area contributed by atoms with E-state index in [1.54, 1.807) is 37.5 Å². The monoisotopic (exact) mass is 527 g/mol. The number of benzene rings is 1. The summed E-state index contributed by atoms with van der Waals surface area (Å²) in [6, 6.07) is 7.02. The van der Waals surface area contributed by atoms with Gasteiger partial charge in [-0.1, -0.05) is 13.0 Å². The molecule has 0 saturated heterocycles. The molecule has 3 aromatic heterocycles. The molecule has 0 bridgehead atoms. The number of ether oxygens (including phenoxy) is 2. The van der Waals surface area contributed by atoms with Crippen molar-refractivity contribution < 1.29 is 22.3 Å². The fourth-order valence-electron chi connectivity index (χ4n) is 3.73. The molecule has 3 heterocycles. The highest BCUT2D eigenvalue weighted by atomic mass is 32.2. The molecule has 0 amide bonds. The number of aryl methyl sites for hydroxylation is 1. The normalized spacial score (nSPS) is 13.1. The molecule has 194 valence electrons. The number of hydrogen-bond acceptors (Lipinski definition) is 9. The number of anilines is 1. The zero-order valence-electron chi connectivity index (χ0n) is 20.9. The third-order valence-electron chi connectivity index (χ3n) is 5.90. The predicted molar refractivity (Wildman–Crippen MR) is 135 cm³/mol. The van der Waals surface area contributed by atoms with E-state index in [-0.39, 0.29) is 11.8 Å². The van der Waals surface area contributed by atoms with Gasteiger partial charge in [-0.05, 0) is 37.6 Å². The Labute approximate surface area is 213 Å². The molecular formula is C24H26FN7O4S. The Bertz CT molecular complexity index is 1490. The molecule has 0 aliphatic heterocycles. The Morgan fingerprint density at radius 2 is 1.65 bits per heavy atom. The molecule has 0 unspecified atom stereocenters. The molecule has 4 aromatic rings. The smallest absolute Gasteiger partial charge is 0.243 e. The number of methoxy groups -OCH3 is 2. The van der Waals surface area contributed by atoms with Crippen LogP contribution in [0, 0.1) is 12.7 Å². The maximum Gasteiger partial charge on any atom is 0.243 e. The van der Waals surface area contributed by atoms with Crippen LogP contribution in [0.2, 0.25) is 0 Å². The Morgan fingerprint density at radius 1 is 1.00 bits per heavy atom. The van der Waals surface area contributed by atoms with E-state index in [0.717, 1.165) is 18.0 Å². The fourth-order valence-corrected chi connectivity index (χ4v) is 4.97. The standard InChI is InChI=1S/C24H26FN7O4S/c1-14-9-17(11-26-10-14)23-29-30-24(32(23)21-19(35-4)7-6-8-20(21)36-5)31-37(33,34)16(3)15(2)22-27-12-18(25)13-28-22/h6-13,15-16H,1-5H3,(H,30,31)/t15-,16-/m0/s1. The average molecular weight is 528 g/mol. The van der Waals surface area contributed by atoms with E-state index in [1.165, 1.54) is 25.7 Å².